The molecule has 9 heteroatoms. The normalized spacial score (nSPS) is 10.6. The third kappa shape index (κ3) is 6.40. The first kappa shape index (κ1) is 26.8. The van der Waals surface area contributed by atoms with Gasteiger partial charge in [-0.15, -0.1) is 24.8 Å². The summed E-state index contributed by atoms with van der Waals surface area (Å²) in [5.74, 6) is -0.121. The van der Waals surface area contributed by atoms with Crippen LogP contribution < -0.4 is 10.6 Å². The molecule has 0 atom stereocenters. The molecule has 1 amide bonds. The average Bonchev–Trinajstić information content (AvgIpc) is 3.14. The lowest BCUT2D eigenvalue weighted by Gasteiger charge is -2.12. The molecule has 0 unspecified atom stereocenters. The first-order valence-electron chi connectivity index (χ1n) is 9.95. The molecular formula is C22H31Cl2N5O2. The van der Waals surface area contributed by atoms with E-state index in [2.05, 4.69) is 29.6 Å². The van der Waals surface area contributed by atoms with Crippen LogP contribution in [0.2, 0.25) is 0 Å². The molecule has 0 spiro atoms. The van der Waals surface area contributed by atoms with Crippen molar-refractivity contribution in [3.63, 3.8) is 0 Å². The number of rotatable bonds is 9. The number of aryl methyl sites for hydroxylation is 1. The van der Waals surface area contributed by atoms with Crippen LogP contribution in [0.15, 0.2) is 36.5 Å². The third-order valence-electron chi connectivity index (χ3n) is 4.79. The number of amides is 1. The maximum Gasteiger partial charge on any atom is 0.252 e. The number of hydrogen-bond acceptors (Lipinski definition) is 5. The highest BCUT2D eigenvalue weighted by atomic mass is 35.5. The van der Waals surface area contributed by atoms with E-state index >= 15 is 0 Å². The summed E-state index contributed by atoms with van der Waals surface area (Å²) in [5.41, 5.74) is 4.23. The minimum atomic E-state index is -0.121. The number of carbonyl (C=O) groups excluding carboxylic acids is 1. The van der Waals surface area contributed by atoms with Gasteiger partial charge < -0.3 is 15.4 Å². The average molecular weight is 468 g/mol. The van der Waals surface area contributed by atoms with E-state index < -0.39 is 0 Å². The fraction of sp³-hybridized carbons (Fsp3) is 0.409. The molecule has 0 aliphatic heterocycles. The molecule has 1 aromatic carbocycles. The van der Waals surface area contributed by atoms with Crippen molar-refractivity contribution in [3.8, 4) is 11.3 Å². The maximum absolute atomic E-state index is 13.0. The van der Waals surface area contributed by atoms with Gasteiger partial charge in [-0.1, -0.05) is 24.3 Å². The second-order valence-corrected chi connectivity index (χ2v) is 7.29. The number of nitrogens with zero attached hydrogens (tertiary/aromatic N) is 3. The minimum absolute atomic E-state index is 0. The molecule has 31 heavy (non-hydrogen) atoms. The van der Waals surface area contributed by atoms with Crippen molar-refractivity contribution in [2.24, 2.45) is 0 Å². The topological polar surface area (TPSA) is 81.1 Å². The lowest BCUT2D eigenvalue weighted by molar-refractivity contribution is 0.0955. The van der Waals surface area contributed by atoms with E-state index in [0.717, 1.165) is 34.4 Å². The summed E-state index contributed by atoms with van der Waals surface area (Å²) in [7, 11) is 1.67. The SMILES string of the molecule is COCCNCCNC(=O)c1cc(-c2ccccc2C)nc2c1cnn2C(C)C.Cl.Cl. The molecule has 7 nitrogen and oxygen atoms in total. The van der Waals surface area contributed by atoms with Gasteiger partial charge in [-0.3, -0.25) is 4.79 Å². The third-order valence-corrected chi connectivity index (χ3v) is 4.79. The minimum Gasteiger partial charge on any atom is -0.383 e. The lowest BCUT2D eigenvalue weighted by atomic mass is 10.0. The van der Waals surface area contributed by atoms with Crippen LogP contribution in [-0.4, -0.2) is 54.0 Å². The molecule has 0 aliphatic carbocycles. The fourth-order valence-electron chi connectivity index (χ4n) is 3.24. The zero-order valence-electron chi connectivity index (χ0n) is 18.3. The van der Waals surface area contributed by atoms with Crippen LogP contribution in [0.1, 0.15) is 35.8 Å². The number of nitrogens with one attached hydrogen (secondary N) is 2. The van der Waals surface area contributed by atoms with Crippen molar-refractivity contribution in [2.75, 3.05) is 33.4 Å². The van der Waals surface area contributed by atoms with Gasteiger partial charge in [-0.25, -0.2) is 9.67 Å². The van der Waals surface area contributed by atoms with Gasteiger partial charge in [0.25, 0.3) is 5.91 Å². The zero-order valence-corrected chi connectivity index (χ0v) is 20.0. The first-order valence-corrected chi connectivity index (χ1v) is 9.95. The Bertz CT molecular complexity index is 991. The van der Waals surface area contributed by atoms with Crippen LogP contribution in [0.5, 0.6) is 0 Å². The van der Waals surface area contributed by atoms with Gasteiger partial charge in [0, 0.05) is 38.3 Å². The van der Waals surface area contributed by atoms with E-state index in [1.807, 2.05) is 41.9 Å². The predicted molar refractivity (Wildman–Crippen MR) is 130 cm³/mol. The van der Waals surface area contributed by atoms with E-state index in [9.17, 15) is 4.79 Å². The zero-order chi connectivity index (χ0) is 20.8. The Morgan fingerprint density at radius 3 is 2.58 bits per heavy atom. The highest BCUT2D eigenvalue weighted by molar-refractivity contribution is 6.06. The Hall–Kier alpha value is -2.19. The molecule has 2 aromatic heterocycles. The lowest BCUT2D eigenvalue weighted by Crippen LogP contribution is -2.33. The largest absolute Gasteiger partial charge is 0.383 e. The Kier molecular flexibility index (Phi) is 10.9. The van der Waals surface area contributed by atoms with E-state index in [-0.39, 0.29) is 36.8 Å². The number of aromatic nitrogens is 3. The van der Waals surface area contributed by atoms with Crippen molar-refractivity contribution in [1.82, 2.24) is 25.4 Å². The van der Waals surface area contributed by atoms with Crippen LogP contribution in [-0.2, 0) is 4.74 Å². The maximum atomic E-state index is 13.0. The van der Waals surface area contributed by atoms with Crippen LogP contribution in [0.4, 0.5) is 0 Å². The summed E-state index contributed by atoms with van der Waals surface area (Å²) in [4.78, 5) is 17.8. The highest BCUT2D eigenvalue weighted by Crippen LogP contribution is 2.28. The van der Waals surface area contributed by atoms with Crippen molar-refractivity contribution in [2.45, 2.75) is 26.8 Å². The first-order chi connectivity index (χ1) is 14.0. The monoisotopic (exact) mass is 467 g/mol. The molecule has 0 saturated heterocycles. The highest BCUT2D eigenvalue weighted by Gasteiger charge is 2.18. The molecule has 3 rings (SSSR count). The quantitative estimate of drug-likeness (QED) is 0.467. The predicted octanol–water partition coefficient (Wildman–Crippen LogP) is 3.80. The van der Waals surface area contributed by atoms with Crippen molar-refractivity contribution in [1.29, 1.82) is 0 Å². The van der Waals surface area contributed by atoms with Crippen molar-refractivity contribution < 1.29 is 9.53 Å². The van der Waals surface area contributed by atoms with Crippen LogP contribution >= 0.6 is 24.8 Å². The number of halogens is 2. The molecule has 3 aromatic rings. The van der Waals surface area contributed by atoms with E-state index in [1.165, 1.54) is 0 Å². The summed E-state index contributed by atoms with van der Waals surface area (Å²) in [6.45, 7) is 8.77. The Morgan fingerprint density at radius 2 is 1.90 bits per heavy atom. The Labute approximate surface area is 195 Å². The number of hydrogen-bond donors (Lipinski definition) is 2. The molecule has 170 valence electrons. The fourth-order valence-corrected chi connectivity index (χ4v) is 3.24. The van der Waals surface area contributed by atoms with Gasteiger partial charge >= 0.3 is 0 Å². The molecule has 0 bridgehead atoms. The van der Waals surface area contributed by atoms with Crippen LogP contribution in [0, 0.1) is 6.92 Å². The standard InChI is InChI=1S/C22H29N5O2.2ClH/c1-15(2)27-21-19(14-25-27)18(22(28)24-10-9-23-11-12-29-4)13-20(26-21)17-8-6-5-7-16(17)3;;/h5-8,13-15,23H,9-12H2,1-4H3,(H,24,28);2*1H. The van der Waals surface area contributed by atoms with Crippen LogP contribution in [0.25, 0.3) is 22.3 Å². The molecule has 0 radical (unpaired) electrons. The number of ether oxygens (including phenoxy) is 1. The summed E-state index contributed by atoms with van der Waals surface area (Å²) in [6.07, 6.45) is 1.73. The molecule has 0 saturated carbocycles. The van der Waals surface area contributed by atoms with Crippen LogP contribution in [0.3, 0.4) is 0 Å². The van der Waals surface area contributed by atoms with Crippen molar-refractivity contribution in [3.05, 3.63) is 47.7 Å². The summed E-state index contributed by atoms with van der Waals surface area (Å²) < 4.78 is 6.87. The van der Waals surface area contributed by atoms with Crippen molar-refractivity contribution >= 4 is 41.8 Å². The molecule has 0 aliphatic rings. The van der Waals surface area contributed by atoms with Gasteiger partial charge in [0.15, 0.2) is 5.65 Å². The number of benzene rings is 1. The summed E-state index contributed by atoms with van der Waals surface area (Å²) in [6, 6.07) is 10.1. The summed E-state index contributed by atoms with van der Waals surface area (Å²) >= 11 is 0. The molecular weight excluding hydrogens is 437 g/mol. The molecule has 2 N–H and O–H groups in total. The number of methoxy groups -OCH3 is 1. The van der Waals surface area contributed by atoms with Gasteiger partial charge in [0.1, 0.15) is 0 Å². The second-order valence-electron chi connectivity index (χ2n) is 7.29. The number of fused-ring (bicyclic) bond motifs is 1. The smallest absolute Gasteiger partial charge is 0.252 e. The Morgan fingerprint density at radius 1 is 1.16 bits per heavy atom. The van der Waals surface area contributed by atoms with Gasteiger partial charge in [-0.2, -0.15) is 5.10 Å². The number of carbonyl (C=O) groups is 1. The van der Waals surface area contributed by atoms with Gasteiger partial charge in [0.05, 0.1) is 29.4 Å². The number of pyridine rings is 1. The molecule has 2 heterocycles. The van der Waals surface area contributed by atoms with E-state index in [4.69, 9.17) is 9.72 Å². The van der Waals surface area contributed by atoms with E-state index in [0.29, 0.717) is 25.3 Å². The molecule has 0 fully saturated rings. The van der Waals surface area contributed by atoms with Gasteiger partial charge in [-0.05, 0) is 32.4 Å². The summed E-state index contributed by atoms with van der Waals surface area (Å²) in [5, 5.41) is 11.5. The van der Waals surface area contributed by atoms with E-state index in [1.54, 1.807) is 13.3 Å². The second kappa shape index (κ2) is 12.6. The Balaban J connectivity index is 0.00000240. The van der Waals surface area contributed by atoms with Gasteiger partial charge in [0.2, 0.25) is 0 Å².